The summed E-state index contributed by atoms with van der Waals surface area (Å²) >= 11 is 0. The Morgan fingerprint density at radius 1 is 1.00 bits per heavy atom. The van der Waals surface area contributed by atoms with Gasteiger partial charge < -0.3 is 9.64 Å². The van der Waals surface area contributed by atoms with E-state index < -0.39 is 5.92 Å². The fraction of sp³-hybridized carbons (Fsp3) is 0.182. The standard InChI is InChI=1S/C22H19NO3/c1-15-9-11-18(12-10-15)23-14-17(13-21(23)24)22(25)26-20-8-4-6-16-5-2-3-7-19(16)20/h2-12,17H,13-14H2,1H3/t17-/m0/s1. The molecule has 1 heterocycles. The van der Waals surface area contributed by atoms with Gasteiger partial charge >= 0.3 is 5.97 Å². The Labute approximate surface area is 152 Å². The molecular weight excluding hydrogens is 326 g/mol. The van der Waals surface area contributed by atoms with Crippen LogP contribution in [-0.4, -0.2) is 18.4 Å². The number of hydrogen-bond donors (Lipinski definition) is 0. The largest absolute Gasteiger partial charge is 0.426 e. The van der Waals surface area contributed by atoms with Gasteiger partial charge in [0.05, 0.1) is 5.92 Å². The van der Waals surface area contributed by atoms with Crippen molar-refractivity contribution in [2.45, 2.75) is 13.3 Å². The molecule has 1 aliphatic rings. The van der Waals surface area contributed by atoms with E-state index in [2.05, 4.69) is 0 Å². The van der Waals surface area contributed by atoms with Gasteiger partial charge in [-0.3, -0.25) is 9.59 Å². The lowest BCUT2D eigenvalue weighted by Gasteiger charge is -2.17. The summed E-state index contributed by atoms with van der Waals surface area (Å²) in [4.78, 5) is 26.7. The zero-order valence-corrected chi connectivity index (χ0v) is 14.5. The Kier molecular flexibility index (Phi) is 4.17. The summed E-state index contributed by atoms with van der Waals surface area (Å²) in [6.07, 6.45) is 0.178. The fourth-order valence-corrected chi connectivity index (χ4v) is 3.32. The first-order valence-corrected chi connectivity index (χ1v) is 8.68. The smallest absolute Gasteiger partial charge is 0.316 e. The third-order valence-electron chi connectivity index (χ3n) is 4.76. The molecule has 0 unspecified atom stereocenters. The number of carbonyl (C=O) groups is 2. The highest BCUT2D eigenvalue weighted by Crippen LogP contribution is 2.29. The minimum Gasteiger partial charge on any atom is -0.426 e. The molecule has 0 aliphatic carbocycles. The molecule has 0 bridgehead atoms. The summed E-state index contributed by atoms with van der Waals surface area (Å²) in [5.41, 5.74) is 1.95. The second kappa shape index (κ2) is 6.64. The van der Waals surface area contributed by atoms with Crippen molar-refractivity contribution in [3.63, 3.8) is 0 Å². The van der Waals surface area contributed by atoms with Crippen LogP contribution < -0.4 is 9.64 Å². The molecule has 0 radical (unpaired) electrons. The Morgan fingerprint density at radius 2 is 1.73 bits per heavy atom. The van der Waals surface area contributed by atoms with Crippen molar-refractivity contribution >= 4 is 28.3 Å². The van der Waals surface area contributed by atoms with E-state index in [1.807, 2.05) is 67.6 Å². The van der Waals surface area contributed by atoms with Gasteiger partial charge in [-0.1, -0.05) is 54.1 Å². The molecule has 1 saturated heterocycles. The van der Waals surface area contributed by atoms with Gasteiger partial charge in [0.25, 0.3) is 0 Å². The van der Waals surface area contributed by atoms with Gasteiger partial charge in [-0.05, 0) is 30.5 Å². The minimum absolute atomic E-state index is 0.0475. The van der Waals surface area contributed by atoms with E-state index in [0.29, 0.717) is 12.3 Å². The van der Waals surface area contributed by atoms with Crippen LogP contribution in [0.5, 0.6) is 5.75 Å². The van der Waals surface area contributed by atoms with Gasteiger partial charge in [0.2, 0.25) is 5.91 Å². The fourth-order valence-electron chi connectivity index (χ4n) is 3.32. The third-order valence-corrected chi connectivity index (χ3v) is 4.76. The van der Waals surface area contributed by atoms with E-state index >= 15 is 0 Å². The summed E-state index contributed by atoms with van der Waals surface area (Å²) in [6.45, 7) is 2.35. The Bertz CT molecular complexity index is 973. The SMILES string of the molecule is Cc1ccc(N2C[C@@H](C(=O)Oc3cccc4ccccc34)CC2=O)cc1. The zero-order chi connectivity index (χ0) is 18.1. The molecular formula is C22H19NO3. The van der Waals surface area contributed by atoms with Crippen LogP contribution in [-0.2, 0) is 9.59 Å². The molecule has 4 heteroatoms. The number of aryl methyl sites for hydroxylation is 1. The van der Waals surface area contributed by atoms with Crippen LogP contribution in [0.15, 0.2) is 66.7 Å². The van der Waals surface area contributed by atoms with Crippen molar-refractivity contribution in [1.82, 2.24) is 0 Å². The first-order chi connectivity index (χ1) is 12.6. The van der Waals surface area contributed by atoms with Crippen molar-refractivity contribution in [1.29, 1.82) is 0 Å². The number of fused-ring (bicyclic) bond motifs is 1. The molecule has 1 aliphatic heterocycles. The maximum atomic E-state index is 12.6. The maximum absolute atomic E-state index is 12.6. The van der Waals surface area contributed by atoms with Crippen molar-refractivity contribution in [3.05, 3.63) is 72.3 Å². The first kappa shape index (κ1) is 16.3. The summed E-state index contributed by atoms with van der Waals surface area (Å²) < 4.78 is 5.65. The number of amides is 1. The monoisotopic (exact) mass is 345 g/mol. The predicted octanol–water partition coefficient (Wildman–Crippen LogP) is 4.11. The summed E-state index contributed by atoms with van der Waals surface area (Å²) in [7, 11) is 0. The molecule has 4 rings (SSSR count). The van der Waals surface area contributed by atoms with Gasteiger partial charge in [-0.2, -0.15) is 0 Å². The average Bonchev–Trinajstić information content (AvgIpc) is 3.05. The number of rotatable bonds is 3. The van der Waals surface area contributed by atoms with Crippen molar-refractivity contribution < 1.29 is 14.3 Å². The molecule has 0 aromatic heterocycles. The van der Waals surface area contributed by atoms with Crippen LogP contribution in [0.4, 0.5) is 5.69 Å². The Balaban J connectivity index is 1.52. The highest BCUT2D eigenvalue weighted by Gasteiger charge is 2.36. The maximum Gasteiger partial charge on any atom is 0.316 e. The molecule has 0 spiro atoms. The topological polar surface area (TPSA) is 46.6 Å². The minimum atomic E-state index is -0.456. The molecule has 4 nitrogen and oxygen atoms in total. The molecule has 0 N–H and O–H groups in total. The van der Waals surface area contributed by atoms with E-state index in [4.69, 9.17) is 4.74 Å². The molecule has 3 aromatic rings. The lowest BCUT2D eigenvalue weighted by atomic mass is 10.1. The molecule has 1 amide bonds. The Hall–Kier alpha value is -3.14. The zero-order valence-electron chi connectivity index (χ0n) is 14.5. The quantitative estimate of drug-likeness (QED) is 0.530. The molecule has 1 atom stereocenters. The second-order valence-electron chi connectivity index (χ2n) is 6.64. The van der Waals surface area contributed by atoms with Gasteiger partial charge in [-0.25, -0.2) is 0 Å². The Morgan fingerprint density at radius 3 is 2.54 bits per heavy atom. The molecule has 3 aromatic carbocycles. The van der Waals surface area contributed by atoms with Crippen LogP contribution in [0.25, 0.3) is 10.8 Å². The number of hydrogen-bond acceptors (Lipinski definition) is 3. The number of ether oxygens (including phenoxy) is 1. The van der Waals surface area contributed by atoms with Crippen molar-refractivity contribution in [3.8, 4) is 5.75 Å². The van der Waals surface area contributed by atoms with E-state index in [1.54, 1.807) is 11.0 Å². The first-order valence-electron chi connectivity index (χ1n) is 8.68. The number of carbonyl (C=O) groups excluding carboxylic acids is 2. The highest BCUT2D eigenvalue weighted by molar-refractivity contribution is 6.00. The number of esters is 1. The normalized spacial score (nSPS) is 16.9. The van der Waals surface area contributed by atoms with Gasteiger partial charge in [0.1, 0.15) is 5.75 Å². The number of anilines is 1. The summed E-state index contributed by atoms with van der Waals surface area (Å²) in [6, 6.07) is 21.1. The van der Waals surface area contributed by atoms with E-state index in [1.165, 1.54) is 0 Å². The van der Waals surface area contributed by atoms with E-state index in [0.717, 1.165) is 22.0 Å². The average molecular weight is 345 g/mol. The van der Waals surface area contributed by atoms with E-state index in [9.17, 15) is 9.59 Å². The van der Waals surface area contributed by atoms with Crippen LogP contribution in [0.3, 0.4) is 0 Å². The lowest BCUT2D eigenvalue weighted by Crippen LogP contribution is -2.27. The molecule has 130 valence electrons. The lowest BCUT2D eigenvalue weighted by molar-refractivity contribution is -0.138. The highest BCUT2D eigenvalue weighted by atomic mass is 16.5. The summed E-state index contributed by atoms with van der Waals surface area (Å²) in [5, 5.41) is 1.91. The molecule has 0 saturated carbocycles. The van der Waals surface area contributed by atoms with Crippen LogP contribution in [0, 0.1) is 12.8 Å². The number of nitrogens with zero attached hydrogens (tertiary/aromatic N) is 1. The van der Waals surface area contributed by atoms with Crippen molar-refractivity contribution in [2.75, 3.05) is 11.4 Å². The third kappa shape index (κ3) is 3.06. The van der Waals surface area contributed by atoms with Crippen LogP contribution in [0.2, 0.25) is 0 Å². The number of benzene rings is 3. The molecule has 26 heavy (non-hydrogen) atoms. The van der Waals surface area contributed by atoms with E-state index in [-0.39, 0.29) is 18.3 Å². The predicted molar refractivity (Wildman–Crippen MR) is 101 cm³/mol. The van der Waals surface area contributed by atoms with Gasteiger partial charge in [0.15, 0.2) is 0 Å². The van der Waals surface area contributed by atoms with Crippen molar-refractivity contribution in [2.24, 2.45) is 5.92 Å². The van der Waals surface area contributed by atoms with Gasteiger partial charge in [-0.15, -0.1) is 0 Å². The summed E-state index contributed by atoms with van der Waals surface area (Å²) in [5.74, 6) is -0.324. The van der Waals surface area contributed by atoms with Gasteiger partial charge in [0, 0.05) is 24.0 Å². The molecule has 1 fully saturated rings. The second-order valence-corrected chi connectivity index (χ2v) is 6.64. The van der Waals surface area contributed by atoms with Crippen LogP contribution in [0.1, 0.15) is 12.0 Å². The van der Waals surface area contributed by atoms with Crippen LogP contribution >= 0.6 is 0 Å².